The molecule has 1 atom stereocenters. The van der Waals surface area contributed by atoms with Crippen molar-refractivity contribution in [2.75, 3.05) is 6.61 Å². The Morgan fingerprint density at radius 2 is 1.89 bits per heavy atom. The molecule has 104 valence electrons. The molecular formula is C13H14F3NO2. The molecule has 1 amide bonds. The van der Waals surface area contributed by atoms with Crippen LogP contribution < -0.4 is 5.32 Å². The van der Waals surface area contributed by atoms with E-state index in [1.807, 2.05) is 0 Å². The minimum atomic E-state index is -1.59. The van der Waals surface area contributed by atoms with Crippen LogP contribution in [0.25, 0.3) is 0 Å². The van der Waals surface area contributed by atoms with Crippen molar-refractivity contribution in [1.82, 2.24) is 5.32 Å². The van der Waals surface area contributed by atoms with E-state index >= 15 is 0 Å². The Morgan fingerprint density at radius 1 is 1.32 bits per heavy atom. The van der Waals surface area contributed by atoms with Crippen LogP contribution in [0.15, 0.2) is 12.1 Å². The smallest absolute Gasteiger partial charge is 0.251 e. The van der Waals surface area contributed by atoms with Crippen molar-refractivity contribution < 1.29 is 23.1 Å². The summed E-state index contributed by atoms with van der Waals surface area (Å²) in [7, 11) is 0. The Labute approximate surface area is 108 Å². The van der Waals surface area contributed by atoms with E-state index in [0.717, 1.165) is 12.8 Å². The predicted octanol–water partition coefficient (Wildman–Crippen LogP) is 1.99. The van der Waals surface area contributed by atoms with Crippen molar-refractivity contribution in [3.8, 4) is 0 Å². The Kier molecular flexibility index (Phi) is 4.09. The van der Waals surface area contributed by atoms with Crippen LogP contribution in [0, 0.1) is 23.4 Å². The van der Waals surface area contributed by atoms with Crippen molar-refractivity contribution >= 4 is 5.91 Å². The monoisotopic (exact) mass is 273 g/mol. The maximum Gasteiger partial charge on any atom is 0.251 e. The fraction of sp³-hybridized carbons (Fsp3) is 0.462. The number of hydrogen-bond acceptors (Lipinski definition) is 2. The van der Waals surface area contributed by atoms with Gasteiger partial charge in [-0.1, -0.05) is 0 Å². The molecule has 0 heterocycles. The number of aliphatic hydroxyl groups is 1. The van der Waals surface area contributed by atoms with Crippen molar-refractivity contribution in [2.24, 2.45) is 5.92 Å². The molecule has 3 nitrogen and oxygen atoms in total. The van der Waals surface area contributed by atoms with E-state index in [1.165, 1.54) is 0 Å². The summed E-state index contributed by atoms with van der Waals surface area (Å²) in [5.74, 6) is -4.74. The second-order valence-corrected chi connectivity index (χ2v) is 4.68. The summed E-state index contributed by atoms with van der Waals surface area (Å²) in [4.78, 5) is 11.8. The van der Waals surface area contributed by atoms with Gasteiger partial charge in [-0.15, -0.1) is 0 Å². The molecule has 19 heavy (non-hydrogen) atoms. The maximum atomic E-state index is 13.0. The number of nitrogens with one attached hydrogen (secondary N) is 1. The van der Waals surface area contributed by atoms with Crippen molar-refractivity contribution in [3.63, 3.8) is 0 Å². The average molecular weight is 273 g/mol. The fourth-order valence-corrected chi connectivity index (χ4v) is 2.00. The van der Waals surface area contributed by atoms with E-state index in [2.05, 4.69) is 5.32 Å². The molecule has 0 saturated heterocycles. The molecule has 1 aromatic carbocycles. The molecule has 0 spiro atoms. The molecule has 1 aliphatic rings. The molecule has 1 fully saturated rings. The minimum absolute atomic E-state index is 0.0758. The van der Waals surface area contributed by atoms with Crippen molar-refractivity contribution in [2.45, 2.75) is 25.3 Å². The fourth-order valence-electron chi connectivity index (χ4n) is 2.00. The Hall–Kier alpha value is -1.56. The van der Waals surface area contributed by atoms with Gasteiger partial charge in [-0.3, -0.25) is 4.79 Å². The summed E-state index contributed by atoms with van der Waals surface area (Å²) in [6, 6.07) is 1.11. The summed E-state index contributed by atoms with van der Waals surface area (Å²) in [6.07, 6.45) is 2.30. The second-order valence-electron chi connectivity index (χ2n) is 4.68. The lowest BCUT2D eigenvalue weighted by Gasteiger charge is -2.17. The SMILES string of the molecule is O=C(NC(CCO)C1CC1)c1cc(F)c(F)c(F)c1. The number of halogens is 3. The molecule has 2 N–H and O–H groups in total. The highest BCUT2D eigenvalue weighted by molar-refractivity contribution is 5.94. The van der Waals surface area contributed by atoms with Crippen LogP contribution in [0.3, 0.4) is 0 Å². The lowest BCUT2D eigenvalue weighted by atomic mass is 10.1. The zero-order valence-electron chi connectivity index (χ0n) is 10.1. The van der Waals surface area contributed by atoms with Gasteiger partial charge >= 0.3 is 0 Å². The number of amides is 1. The minimum Gasteiger partial charge on any atom is -0.396 e. The van der Waals surface area contributed by atoms with Crippen molar-refractivity contribution in [3.05, 3.63) is 35.1 Å². The van der Waals surface area contributed by atoms with Gasteiger partial charge in [-0.05, 0) is 37.3 Å². The zero-order valence-corrected chi connectivity index (χ0v) is 10.1. The van der Waals surface area contributed by atoms with E-state index in [-0.39, 0.29) is 18.2 Å². The second kappa shape index (κ2) is 5.61. The lowest BCUT2D eigenvalue weighted by Crippen LogP contribution is -2.37. The van der Waals surface area contributed by atoms with Gasteiger partial charge in [0.25, 0.3) is 5.91 Å². The molecule has 1 aromatic rings. The predicted molar refractivity (Wildman–Crippen MR) is 62.0 cm³/mol. The first kappa shape index (κ1) is 13.9. The molecule has 1 unspecified atom stereocenters. The molecule has 0 aliphatic heterocycles. The molecule has 0 radical (unpaired) electrons. The number of carbonyl (C=O) groups is 1. The third kappa shape index (κ3) is 3.26. The summed E-state index contributed by atoms with van der Waals surface area (Å²) in [6.45, 7) is -0.0758. The van der Waals surface area contributed by atoms with E-state index in [0.29, 0.717) is 24.5 Å². The van der Waals surface area contributed by atoms with E-state index in [9.17, 15) is 18.0 Å². The first-order valence-corrected chi connectivity index (χ1v) is 6.09. The van der Waals surface area contributed by atoms with Crippen LogP contribution >= 0.6 is 0 Å². The quantitative estimate of drug-likeness (QED) is 0.806. The topological polar surface area (TPSA) is 49.3 Å². The molecule has 6 heteroatoms. The summed E-state index contributed by atoms with van der Waals surface area (Å²) in [5.41, 5.74) is -0.264. The number of benzene rings is 1. The van der Waals surface area contributed by atoms with Gasteiger partial charge in [0.2, 0.25) is 0 Å². The highest BCUT2D eigenvalue weighted by atomic mass is 19.2. The maximum absolute atomic E-state index is 13.0. The Balaban J connectivity index is 2.10. The zero-order chi connectivity index (χ0) is 14.0. The lowest BCUT2D eigenvalue weighted by molar-refractivity contribution is 0.0923. The van der Waals surface area contributed by atoms with Crippen LogP contribution in [0.2, 0.25) is 0 Å². The Bertz CT molecular complexity index is 466. The van der Waals surface area contributed by atoms with Crippen LogP contribution in [0.4, 0.5) is 13.2 Å². The number of rotatable bonds is 5. The molecule has 1 saturated carbocycles. The molecule has 2 rings (SSSR count). The van der Waals surface area contributed by atoms with Gasteiger partial charge in [-0.25, -0.2) is 13.2 Å². The highest BCUT2D eigenvalue weighted by Crippen LogP contribution is 2.34. The van der Waals surface area contributed by atoms with Gasteiger partial charge in [0.05, 0.1) is 0 Å². The van der Waals surface area contributed by atoms with Crippen LogP contribution in [0.5, 0.6) is 0 Å². The summed E-state index contributed by atoms with van der Waals surface area (Å²) < 4.78 is 38.8. The molecule has 1 aliphatic carbocycles. The number of aliphatic hydroxyl groups excluding tert-OH is 1. The third-order valence-corrected chi connectivity index (χ3v) is 3.19. The molecule has 0 aromatic heterocycles. The van der Waals surface area contributed by atoms with E-state index < -0.39 is 23.4 Å². The van der Waals surface area contributed by atoms with Gasteiger partial charge in [-0.2, -0.15) is 0 Å². The summed E-state index contributed by atoms with van der Waals surface area (Å²) >= 11 is 0. The van der Waals surface area contributed by atoms with Crippen LogP contribution in [-0.2, 0) is 0 Å². The largest absolute Gasteiger partial charge is 0.396 e. The standard InChI is InChI=1S/C13H14F3NO2/c14-9-5-8(6-10(15)12(9)16)13(19)17-11(3-4-18)7-1-2-7/h5-7,11,18H,1-4H2,(H,17,19). The van der Waals surface area contributed by atoms with Gasteiger partial charge in [0.15, 0.2) is 17.5 Å². The van der Waals surface area contributed by atoms with E-state index in [1.54, 1.807) is 0 Å². The molecule has 0 bridgehead atoms. The third-order valence-electron chi connectivity index (χ3n) is 3.19. The van der Waals surface area contributed by atoms with Gasteiger partial charge in [0.1, 0.15) is 0 Å². The van der Waals surface area contributed by atoms with Crippen LogP contribution in [0.1, 0.15) is 29.6 Å². The first-order valence-electron chi connectivity index (χ1n) is 6.09. The number of carbonyl (C=O) groups excluding carboxylic acids is 1. The number of hydrogen-bond donors (Lipinski definition) is 2. The molecular weight excluding hydrogens is 259 g/mol. The average Bonchev–Trinajstić information content (AvgIpc) is 3.18. The Morgan fingerprint density at radius 3 is 2.37 bits per heavy atom. The van der Waals surface area contributed by atoms with Gasteiger partial charge < -0.3 is 10.4 Å². The first-order chi connectivity index (χ1) is 9.02. The normalized spacial score (nSPS) is 16.2. The van der Waals surface area contributed by atoms with Crippen molar-refractivity contribution in [1.29, 1.82) is 0 Å². The van der Waals surface area contributed by atoms with Gasteiger partial charge in [0, 0.05) is 18.2 Å². The van der Waals surface area contributed by atoms with E-state index in [4.69, 9.17) is 5.11 Å². The highest BCUT2D eigenvalue weighted by Gasteiger charge is 2.32. The summed E-state index contributed by atoms with van der Waals surface area (Å²) in [5, 5.41) is 11.5. The van der Waals surface area contributed by atoms with Crippen LogP contribution in [-0.4, -0.2) is 23.7 Å².